The fourth-order valence-electron chi connectivity index (χ4n) is 2.52. The van der Waals surface area contributed by atoms with E-state index >= 15 is 0 Å². The van der Waals surface area contributed by atoms with Crippen molar-refractivity contribution in [2.24, 2.45) is 0 Å². The molecule has 148 valence electrons. The normalized spacial score (nSPS) is 10.1. The molecule has 0 unspecified atom stereocenters. The lowest BCUT2D eigenvalue weighted by Gasteiger charge is -2.06. The van der Waals surface area contributed by atoms with Gasteiger partial charge < -0.3 is 14.6 Å². The van der Waals surface area contributed by atoms with Crippen LogP contribution in [0.2, 0.25) is 0 Å². The molecule has 0 atom stereocenters. The Morgan fingerprint density at radius 3 is 2.43 bits per heavy atom. The van der Waals surface area contributed by atoms with E-state index in [1.165, 1.54) is 7.11 Å². The number of aliphatic hydroxyl groups is 1. The van der Waals surface area contributed by atoms with Crippen LogP contribution in [0.5, 0.6) is 5.75 Å². The number of aromatic nitrogens is 1. The molecule has 0 radical (unpaired) electrons. The molecule has 5 nitrogen and oxygen atoms in total. The quantitative estimate of drug-likeness (QED) is 0.459. The van der Waals surface area contributed by atoms with Gasteiger partial charge in [0, 0.05) is 18.4 Å². The zero-order valence-corrected chi connectivity index (χ0v) is 16.2. The van der Waals surface area contributed by atoms with Gasteiger partial charge >= 0.3 is 5.97 Å². The van der Waals surface area contributed by atoms with E-state index in [0.29, 0.717) is 13.0 Å². The van der Waals surface area contributed by atoms with Crippen molar-refractivity contribution in [2.75, 3.05) is 13.7 Å². The van der Waals surface area contributed by atoms with Crippen LogP contribution in [0.25, 0.3) is 10.9 Å². The van der Waals surface area contributed by atoms with Gasteiger partial charge in [-0.05, 0) is 37.1 Å². The molecule has 3 rings (SSSR count). The zero-order chi connectivity index (χ0) is 20.0. The van der Waals surface area contributed by atoms with Gasteiger partial charge in [-0.15, -0.1) is 0 Å². The first-order valence-corrected chi connectivity index (χ1v) is 9.43. The summed E-state index contributed by atoms with van der Waals surface area (Å²) in [7, 11) is 1.38. The van der Waals surface area contributed by atoms with Crippen molar-refractivity contribution in [1.82, 2.24) is 4.98 Å². The Kier molecular flexibility index (Phi) is 9.52. The van der Waals surface area contributed by atoms with Crippen molar-refractivity contribution < 1.29 is 19.4 Å². The van der Waals surface area contributed by atoms with Crippen molar-refractivity contribution in [3.05, 3.63) is 72.4 Å². The molecule has 0 fully saturated rings. The van der Waals surface area contributed by atoms with Crippen molar-refractivity contribution in [3.63, 3.8) is 0 Å². The summed E-state index contributed by atoms with van der Waals surface area (Å²) in [4.78, 5) is 15.1. The Labute approximate surface area is 165 Å². The topological polar surface area (TPSA) is 68.7 Å². The summed E-state index contributed by atoms with van der Waals surface area (Å²) in [6, 6.07) is 22.0. The third kappa shape index (κ3) is 7.76. The van der Waals surface area contributed by atoms with E-state index in [9.17, 15) is 4.79 Å². The number of methoxy groups -OCH3 is 1. The highest BCUT2D eigenvalue weighted by molar-refractivity contribution is 5.78. The van der Waals surface area contributed by atoms with E-state index in [1.54, 1.807) is 0 Å². The van der Waals surface area contributed by atoms with Gasteiger partial charge in [-0.25, -0.2) is 4.98 Å². The first kappa shape index (κ1) is 21.4. The van der Waals surface area contributed by atoms with Gasteiger partial charge in [0.05, 0.1) is 18.3 Å². The Morgan fingerprint density at radius 2 is 1.68 bits per heavy atom. The van der Waals surface area contributed by atoms with Crippen molar-refractivity contribution in [2.45, 2.75) is 32.3 Å². The highest BCUT2D eigenvalue weighted by Crippen LogP contribution is 2.14. The summed E-state index contributed by atoms with van der Waals surface area (Å²) >= 11 is 0. The highest BCUT2D eigenvalue weighted by atomic mass is 16.5. The van der Waals surface area contributed by atoms with Crippen molar-refractivity contribution in [1.29, 1.82) is 0 Å². The number of aliphatic hydroxyl groups excluding tert-OH is 1. The fourth-order valence-corrected chi connectivity index (χ4v) is 2.52. The average Bonchev–Trinajstić information content (AvgIpc) is 2.76. The molecule has 1 aromatic heterocycles. The summed E-state index contributed by atoms with van der Waals surface area (Å²) < 4.78 is 10.1. The minimum Gasteiger partial charge on any atom is -0.487 e. The predicted octanol–water partition coefficient (Wildman–Crippen LogP) is 4.53. The minimum atomic E-state index is -0.169. The second kappa shape index (κ2) is 12.5. The SMILES string of the molecule is COC(=O)CCCCCO.c1ccc(OCc2ccc3ccccc3n2)cc1. The van der Waals surface area contributed by atoms with Crippen LogP contribution in [-0.4, -0.2) is 29.8 Å². The number of carbonyl (C=O) groups is 1. The lowest BCUT2D eigenvalue weighted by atomic mass is 10.2. The molecule has 28 heavy (non-hydrogen) atoms. The standard InChI is InChI=1S/C16H13NO.C7H14O3/c1-2-7-15(8-3-1)18-12-14-11-10-13-6-4-5-9-16(13)17-14;1-10-7(9)5-3-2-4-6-8/h1-11H,12H2;8H,2-6H2,1H3. The second-order valence-corrected chi connectivity index (χ2v) is 6.21. The Morgan fingerprint density at radius 1 is 0.929 bits per heavy atom. The predicted molar refractivity (Wildman–Crippen MR) is 110 cm³/mol. The largest absolute Gasteiger partial charge is 0.487 e. The maximum Gasteiger partial charge on any atom is 0.305 e. The van der Waals surface area contributed by atoms with Gasteiger partial charge in [0.1, 0.15) is 12.4 Å². The number of pyridine rings is 1. The molecule has 1 N–H and O–H groups in total. The summed E-state index contributed by atoms with van der Waals surface area (Å²) in [6.45, 7) is 0.704. The molecular formula is C23H27NO4. The summed E-state index contributed by atoms with van der Waals surface area (Å²) in [5, 5.41) is 9.53. The van der Waals surface area contributed by atoms with Gasteiger partial charge in [0.15, 0.2) is 0 Å². The van der Waals surface area contributed by atoms with Crippen LogP contribution in [0.3, 0.4) is 0 Å². The number of hydrogen-bond donors (Lipinski definition) is 1. The number of fused-ring (bicyclic) bond motifs is 1. The molecule has 0 aliphatic rings. The molecule has 0 saturated carbocycles. The third-order valence-electron chi connectivity index (χ3n) is 4.05. The van der Waals surface area contributed by atoms with Crippen LogP contribution in [0.1, 0.15) is 31.4 Å². The number of carbonyl (C=O) groups excluding carboxylic acids is 1. The monoisotopic (exact) mass is 381 g/mol. The minimum absolute atomic E-state index is 0.169. The number of hydrogen-bond acceptors (Lipinski definition) is 5. The second-order valence-electron chi connectivity index (χ2n) is 6.21. The van der Waals surface area contributed by atoms with Crippen LogP contribution in [0.4, 0.5) is 0 Å². The van der Waals surface area contributed by atoms with Crippen molar-refractivity contribution >= 4 is 16.9 Å². The molecular weight excluding hydrogens is 354 g/mol. The molecule has 0 saturated heterocycles. The number of benzene rings is 2. The van der Waals surface area contributed by atoms with Crippen LogP contribution < -0.4 is 4.74 Å². The van der Waals surface area contributed by atoms with Gasteiger partial charge in [0.25, 0.3) is 0 Å². The molecule has 3 aromatic rings. The van der Waals surface area contributed by atoms with Gasteiger partial charge in [-0.2, -0.15) is 0 Å². The number of unbranched alkanes of at least 4 members (excludes halogenated alkanes) is 2. The van der Waals surface area contributed by atoms with Crippen LogP contribution in [0, 0.1) is 0 Å². The summed E-state index contributed by atoms with van der Waals surface area (Å²) in [6.07, 6.45) is 2.95. The molecule has 5 heteroatoms. The molecule has 0 aliphatic carbocycles. The third-order valence-corrected chi connectivity index (χ3v) is 4.05. The maximum atomic E-state index is 10.5. The van der Waals surface area contributed by atoms with E-state index in [4.69, 9.17) is 9.84 Å². The summed E-state index contributed by atoms with van der Waals surface area (Å²) in [5.41, 5.74) is 1.95. The summed E-state index contributed by atoms with van der Waals surface area (Å²) in [5.74, 6) is 0.699. The van der Waals surface area contributed by atoms with E-state index in [0.717, 1.165) is 41.6 Å². The molecule has 0 amide bonds. The molecule has 1 heterocycles. The Balaban J connectivity index is 0.000000242. The molecule has 2 aromatic carbocycles. The number of para-hydroxylation sites is 2. The molecule has 0 spiro atoms. The number of rotatable bonds is 8. The fraction of sp³-hybridized carbons (Fsp3) is 0.304. The molecule has 0 aliphatic heterocycles. The zero-order valence-electron chi connectivity index (χ0n) is 16.2. The number of esters is 1. The van der Waals surface area contributed by atoms with Crippen LogP contribution in [-0.2, 0) is 16.1 Å². The van der Waals surface area contributed by atoms with E-state index in [2.05, 4.69) is 21.9 Å². The van der Waals surface area contributed by atoms with Crippen LogP contribution in [0.15, 0.2) is 66.7 Å². The first-order chi connectivity index (χ1) is 13.7. The van der Waals surface area contributed by atoms with Gasteiger partial charge in [0.2, 0.25) is 0 Å². The van der Waals surface area contributed by atoms with Crippen molar-refractivity contribution in [3.8, 4) is 5.75 Å². The van der Waals surface area contributed by atoms with Gasteiger partial charge in [-0.1, -0.05) is 48.9 Å². The smallest absolute Gasteiger partial charge is 0.305 e. The number of nitrogens with zero attached hydrogens (tertiary/aromatic N) is 1. The first-order valence-electron chi connectivity index (χ1n) is 9.43. The Bertz CT molecular complexity index is 836. The van der Waals surface area contributed by atoms with Gasteiger partial charge in [-0.3, -0.25) is 4.79 Å². The maximum absolute atomic E-state index is 10.5. The highest BCUT2D eigenvalue weighted by Gasteiger charge is 1.99. The van der Waals surface area contributed by atoms with E-state index in [-0.39, 0.29) is 12.6 Å². The lowest BCUT2D eigenvalue weighted by Crippen LogP contribution is -1.99. The Hall–Kier alpha value is -2.92. The van der Waals surface area contributed by atoms with E-state index in [1.807, 2.05) is 54.6 Å². The average molecular weight is 381 g/mol. The van der Waals surface area contributed by atoms with E-state index < -0.39 is 0 Å². The lowest BCUT2D eigenvalue weighted by molar-refractivity contribution is -0.140. The number of ether oxygens (including phenoxy) is 2. The van der Waals surface area contributed by atoms with Crippen LogP contribution >= 0.6 is 0 Å². The molecule has 0 bridgehead atoms.